The maximum atomic E-state index is 11.9. The van der Waals surface area contributed by atoms with Crippen molar-refractivity contribution in [1.29, 1.82) is 0 Å². The van der Waals surface area contributed by atoms with Crippen molar-refractivity contribution in [1.82, 2.24) is 0 Å². The number of hydrogen-bond acceptors (Lipinski definition) is 3. The van der Waals surface area contributed by atoms with Crippen LogP contribution in [-0.2, 0) is 14.3 Å². The summed E-state index contributed by atoms with van der Waals surface area (Å²) in [5, 5.41) is 0. The van der Waals surface area contributed by atoms with Gasteiger partial charge in [0.15, 0.2) is 0 Å². The monoisotopic (exact) mass is 268 g/mol. The number of carbonyl (C=O) groups excluding carboxylic acids is 1. The second kappa shape index (κ2) is 5.43. The zero-order valence-corrected chi connectivity index (χ0v) is 12.8. The first kappa shape index (κ1) is 14.8. The molecule has 0 N–H and O–H groups in total. The van der Waals surface area contributed by atoms with Gasteiger partial charge in [0.25, 0.3) is 0 Å². The van der Waals surface area contributed by atoms with E-state index in [0.29, 0.717) is 11.5 Å². The first-order chi connectivity index (χ1) is 8.84. The fourth-order valence-electron chi connectivity index (χ4n) is 3.29. The number of hydrogen-bond donors (Lipinski definition) is 0. The second-order valence-corrected chi connectivity index (χ2v) is 7.39. The van der Waals surface area contributed by atoms with E-state index in [-0.39, 0.29) is 17.5 Å². The Morgan fingerprint density at radius 2 is 1.84 bits per heavy atom. The Morgan fingerprint density at radius 1 is 1.21 bits per heavy atom. The molecule has 1 spiro atoms. The molecule has 0 radical (unpaired) electrons. The summed E-state index contributed by atoms with van der Waals surface area (Å²) in [6.45, 7) is 8.87. The minimum absolute atomic E-state index is 0.00604. The minimum atomic E-state index is -0.356. The highest BCUT2D eigenvalue weighted by Crippen LogP contribution is 2.59. The lowest BCUT2D eigenvalue weighted by Gasteiger charge is -2.56. The van der Waals surface area contributed by atoms with Crippen molar-refractivity contribution >= 4 is 5.97 Å². The van der Waals surface area contributed by atoms with Crippen molar-refractivity contribution in [2.24, 2.45) is 11.3 Å². The van der Waals surface area contributed by atoms with Crippen LogP contribution in [0.5, 0.6) is 0 Å². The molecular weight excluding hydrogens is 240 g/mol. The highest BCUT2D eigenvalue weighted by Gasteiger charge is 2.55. The van der Waals surface area contributed by atoms with Gasteiger partial charge in [0.2, 0.25) is 0 Å². The van der Waals surface area contributed by atoms with E-state index >= 15 is 0 Å². The van der Waals surface area contributed by atoms with Crippen LogP contribution in [0, 0.1) is 11.3 Å². The number of rotatable bonds is 5. The number of ether oxygens (including phenoxy) is 2. The molecule has 2 rings (SSSR count). The fourth-order valence-corrected chi connectivity index (χ4v) is 3.29. The number of carbonyl (C=O) groups is 1. The number of esters is 1. The van der Waals surface area contributed by atoms with Crippen LogP contribution in [0.25, 0.3) is 0 Å². The molecule has 2 saturated carbocycles. The highest BCUT2D eigenvalue weighted by molar-refractivity contribution is 5.74. The number of unbranched alkanes of at least 4 members (excludes halogenated alkanes) is 1. The third-order valence-electron chi connectivity index (χ3n) is 4.27. The van der Waals surface area contributed by atoms with Crippen molar-refractivity contribution in [2.45, 2.75) is 77.9 Å². The normalized spacial score (nSPS) is 33.7. The molecular formula is C16H28O3. The molecule has 0 heterocycles. The van der Waals surface area contributed by atoms with Crippen molar-refractivity contribution in [3.8, 4) is 0 Å². The minimum Gasteiger partial charge on any atom is -0.460 e. The average molecular weight is 268 g/mol. The maximum absolute atomic E-state index is 11.9. The molecule has 110 valence electrons. The van der Waals surface area contributed by atoms with E-state index in [9.17, 15) is 4.79 Å². The predicted octanol–water partition coefficient (Wildman–Crippen LogP) is 3.70. The molecule has 0 aromatic rings. The van der Waals surface area contributed by atoms with Crippen LogP contribution in [0.1, 0.15) is 66.2 Å². The van der Waals surface area contributed by atoms with Crippen molar-refractivity contribution in [3.63, 3.8) is 0 Å². The van der Waals surface area contributed by atoms with Gasteiger partial charge in [0, 0.05) is 6.61 Å². The van der Waals surface area contributed by atoms with Crippen LogP contribution in [0.3, 0.4) is 0 Å². The smallest absolute Gasteiger partial charge is 0.309 e. The van der Waals surface area contributed by atoms with Crippen molar-refractivity contribution < 1.29 is 14.3 Å². The molecule has 0 unspecified atom stereocenters. The molecule has 0 aromatic carbocycles. The Morgan fingerprint density at radius 3 is 2.37 bits per heavy atom. The largest absolute Gasteiger partial charge is 0.460 e. The van der Waals surface area contributed by atoms with E-state index in [1.54, 1.807) is 0 Å². The predicted molar refractivity (Wildman–Crippen MR) is 74.9 cm³/mol. The summed E-state index contributed by atoms with van der Waals surface area (Å²) in [4.78, 5) is 11.9. The molecule has 0 bridgehead atoms. The molecule has 0 aliphatic heterocycles. The van der Waals surface area contributed by atoms with E-state index < -0.39 is 0 Å². The molecule has 0 amide bonds. The Hall–Kier alpha value is -0.570. The van der Waals surface area contributed by atoms with Crippen LogP contribution >= 0.6 is 0 Å². The van der Waals surface area contributed by atoms with Gasteiger partial charge in [0.1, 0.15) is 5.60 Å². The van der Waals surface area contributed by atoms with E-state index in [2.05, 4.69) is 6.92 Å². The zero-order valence-electron chi connectivity index (χ0n) is 12.8. The summed E-state index contributed by atoms with van der Waals surface area (Å²) in [6, 6.07) is 0. The summed E-state index contributed by atoms with van der Waals surface area (Å²) in [6.07, 6.45) is 7.12. The lowest BCUT2D eigenvalue weighted by atomic mass is 9.50. The second-order valence-electron chi connectivity index (χ2n) is 7.39. The Labute approximate surface area is 117 Å². The molecule has 0 saturated heterocycles. The molecule has 0 aromatic heterocycles. The first-order valence-electron chi connectivity index (χ1n) is 7.68. The zero-order chi connectivity index (χ0) is 14.1. The van der Waals surface area contributed by atoms with E-state index in [4.69, 9.17) is 9.47 Å². The highest BCUT2D eigenvalue weighted by atomic mass is 16.6. The van der Waals surface area contributed by atoms with Crippen LogP contribution in [0.15, 0.2) is 0 Å². The van der Waals surface area contributed by atoms with Gasteiger partial charge in [-0.15, -0.1) is 0 Å². The van der Waals surface area contributed by atoms with Gasteiger partial charge in [-0.1, -0.05) is 13.3 Å². The van der Waals surface area contributed by atoms with E-state index in [1.807, 2.05) is 20.8 Å². The average Bonchev–Trinajstić information content (AvgIpc) is 2.15. The molecule has 0 atom stereocenters. The van der Waals surface area contributed by atoms with Crippen molar-refractivity contribution in [3.05, 3.63) is 0 Å². The van der Waals surface area contributed by atoms with E-state index in [1.165, 1.54) is 6.42 Å². The first-order valence-corrected chi connectivity index (χ1v) is 7.68. The van der Waals surface area contributed by atoms with Crippen molar-refractivity contribution in [2.75, 3.05) is 6.61 Å². The van der Waals surface area contributed by atoms with Gasteiger partial charge in [-0.25, -0.2) is 0 Å². The summed E-state index contributed by atoms with van der Waals surface area (Å²) in [5.74, 6) is 0.129. The van der Waals surface area contributed by atoms with Crippen LogP contribution < -0.4 is 0 Å². The molecule has 3 heteroatoms. The van der Waals surface area contributed by atoms with Crippen LogP contribution in [-0.4, -0.2) is 24.3 Å². The third kappa shape index (κ3) is 3.71. The van der Waals surface area contributed by atoms with Gasteiger partial charge < -0.3 is 9.47 Å². The molecule has 19 heavy (non-hydrogen) atoms. The topological polar surface area (TPSA) is 35.5 Å². The molecule has 2 aliphatic carbocycles. The van der Waals surface area contributed by atoms with Crippen LogP contribution in [0.4, 0.5) is 0 Å². The maximum Gasteiger partial charge on any atom is 0.309 e. The SMILES string of the molecule is CCCCOC1CC2(C1)CC(C(=O)OC(C)(C)C)C2. The fraction of sp³-hybridized carbons (Fsp3) is 0.938. The lowest BCUT2D eigenvalue weighted by molar-refractivity contribution is -0.184. The van der Waals surface area contributed by atoms with Crippen LogP contribution in [0.2, 0.25) is 0 Å². The molecule has 3 nitrogen and oxygen atoms in total. The Balaban J connectivity index is 1.63. The van der Waals surface area contributed by atoms with Gasteiger partial charge in [0.05, 0.1) is 12.0 Å². The standard InChI is InChI=1S/C16H28O3/c1-5-6-7-18-13-10-16(11-13)8-12(9-16)14(17)19-15(2,3)4/h12-13H,5-11H2,1-4H3. The van der Waals surface area contributed by atoms with Gasteiger partial charge in [-0.05, 0) is 58.3 Å². The summed E-state index contributed by atoms with van der Waals surface area (Å²) >= 11 is 0. The van der Waals surface area contributed by atoms with Gasteiger partial charge >= 0.3 is 5.97 Å². The Kier molecular flexibility index (Phi) is 4.24. The summed E-state index contributed by atoms with van der Waals surface area (Å²) in [7, 11) is 0. The summed E-state index contributed by atoms with van der Waals surface area (Å²) in [5.41, 5.74) is 0.0592. The quantitative estimate of drug-likeness (QED) is 0.563. The van der Waals surface area contributed by atoms with Gasteiger partial charge in [-0.2, -0.15) is 0 Å². The lowest BCUT2D eigenvalue weighted by Crippen LogP contribution is -2.53. The molecule has 2 fully saturated rings. The van der Waals surface area contributed by atoms with Gasteiger partial charge in [-0.3, -0.25) is 4.79 Å². The molecule has 2 aliphatic rings. The third-order valence-corrected chi connectivity index (χ3v) is 4.27. The Bertz CT molecular complexity index is 315. The van der Waals surface area contributed by atoms with E-state index in [0.717, 1.165) is 38.7 Å². The summed E-state index contributed by atoms with van der Waals surface area (Å²) < 4.78 is 11.2.